The van der Waals surface area contributed by atoms with E-state index in [1.165, 1.54) is 32.1 Å². The molecule has 1 aromatic rings. The second-order valence-electron chi connectivity index (χ2n) is 5.83. The summed E-state index contributed by atoms with van der Waals surface area (Å²) in [7, 11) is 1.71. The largest absolute Gasteiger partial charge is 0.497 e. The molecule has 1 N–H and O–H groups in total. The minimum absolute atomic E-state index is 0.651. The standard InChI is InChI=1S/C16H26N2O/c1-12-5-4-6-14(8-7-12)17-11-15-10-16(19-3)9-13(2)18-15/h9-10,12,14,17H,4-8,11H2,1-3H3. The van der Waals surface area contributed by atoms with Gasteiger partial charge in [0.1, 0.15) is 5.75 Å². The molecule has 0 aliphatic heterocycles. The van der Waals surface area contributed by atoms with Crippen LogP contribution in [0.2, 0.25) is 0 Å². The van der Waals surface area contributed by atoms with E-state index in [1.807, 2.05) is 19.1 Å². The van der Waals surface area contributed by atoms with E-state index in [4.69, 9.17) is 4.74 Å². The number of pyridine rings is 1. The van der Waals surface area contributed by atoms with Crippen LogP contribution in [0.25, 0.3) is 0 Å². The van der Waals surface area contributed by atoms with E-state index < -0.39 is 0 Å². The second-order valence-corrected chi connectivity index (χ2v) is 5.83. The molecule has 0 spiro atoms. The molecular formula is C16H26N2O. The van der Waals surface area contributed by atoms with Crippen molar-refractivity contribution in [3.63, 3.8) is 0 Å². The smallest absolute Gasteiger partial charge is 0.122 e. The van der Waals surface area contributed by atoms with Gasteiger partial charge in [0.25, 0.3) is 0 Å². The highest BCUT2D eigenvalue weighted by Gasteiger charge is 2.15. The first-order valence-electron chi connectivity index (χ1n) is 7.42. The Hall–Kier alpha value is -1.09. The van der Waals surface area contributed by atoms with Crippen molar-refractivity contribution in [1.82, 2.24) is 10.3 Å². The van der Waals surface area contributed by atoms with Gasteiger partial charge in [-0.3, -0.25) is 4.98 Å². The second kappa shape index (κ2) is 6.90. The molecule has 1 saturated carbocycles. The van der Waals surface area contributed by atoms with Gasteiger partial charge < -0.3 is 10.1 Å². The van der Waals surface area contributed by atoms with Crippen LogP contribution >= 0.6 is 0 Å². The number of ether oxygens (including phenoxy) is 1. The Kier molecular flexibility index (Phi) is 5.20. The predicted molar refractivity (Wildman–Crippen MR) is 78.4 cm³/mol. The Labute approximate surface area is 116 Å². The molecule has 19 heavy (non-hydrogen) atoms. The lowest BCUT2D eigenvalue weighted by molar-refractivity contribution is 0.411. The van der Waals surface area contributed by atoms with E-state index in [1.54, 1.807) is 7.11 Å². The van der Waals surface area contributed by atoms with E-state index in [9.17, 15) is 0 Å². The zero-order valence-corrected chi connectivity index (χ0v) is 12.4. The lowest BCUT2D eigenvalue weighted by Gasteiger charge is -2.16. The minimum atomic E-state index is 0.651. The van der Waals surface area contributed by atoms with Crippen molar-refractivity contribution >= 4 is 0 Å². The average molecular weight is 262 g/mol. The fourth-order valence-corrected chi connectivity index (χ4v) is 2.85. The summed E-state index contributed by atoms with van der Waals surface area (Å²) < 4.78 is 5.29. The number of methoxy groups -OCH3 is 1. The van der Waals surface area contributed by atoms with Gasteiger partial charge in [-0.25, -0.2) is 0 Å². The third-order valence-corrected chi connectivity index (χ3v) is 4.04. The molecule has 0 aromatic carbocycles. The Morgan fingerprint density at radius 2 is 2.11 bits per heavy atom. The van der Waals surface area contributed by atoms with Gasteiger partial charge in [-0.1, -0.05) is 19.8 Å². The molecule has 0 amide bonds. The third-order valence-electron chi connectivity index (χ3n) is 4.04. The number of hydrogen-bond acceptors (Lipinski definition) is 3. The first kappa shape index (κ1) is 14.3. The molecule has 1 aromatic heterocycles. The SMILES string of the molecule is COc1cc(C)nc(CNC2CCCC(C)CC2)c1. The summed E-state index contributed by atoms with van der Waals surface area (Å²) in [5, 5.41) is 3.66. The van der Waals surface area contributed by atoms with E-state index in [0.29, 0.717) is 6.04 Å². The average Bonchev–Trinajstić information content (AvgIpc) is 2.60. The van der Waals surface area contributed by atoms with Crippen LogP contribution in [0.3, 0.4) is 0 Å². The summed E-state index contributed by atoms with van der Waals surface area (Å²) in [5.74, 6) is 1.79. The van der Waals surface area contributed by atoms with Gasteiger partial charge in [0.2, 0.25) is 0 Å². The number of nitrogens with one attached hydrogen (secondary N) is 1. The Bertz CT molecular complexity index is 406. The molecule has 1 fully saturated rings. The molecule has 2 atom stereocenters. The zero-order valence-electron chi connectivity index (χ0n) is 12.4. The number of nitrogens with zero attached hydrogens (tertiary/aromatic N) is 1. The van der Waals surface area contributed by atoms with Crippen LogP contribution < -0.4 is 10.1 Å². The zero-order chi connectivity index (χ0) is 13.7. The predicted octanol–water partition coefficient (Wildman–Crippen LogP) is 3.46. The van der Waals surface area contributed by atoms with Crippen molar-refractivity contribution < 1.29 is 4.74 Å². The lowest BCUT2D eigenvalue weighted by atomic mass is 10.0. The highest BCUT2D eigenvalue weighted by molar-refractivity contribution is 5.26. The molecule has 0 bridgehead atoms. The first-order valence-corrected chi connectivity index (χ1v) is 7.42. The summed E-state index contributed by atoms with van der Waals surface area (Å²) in [6, 6.07) is 4.65. The topological polar surface area (TPSA) is 34.1 Å². The molecular weight excluding hydrogens is 236 g/mol. The lowest BCUT2D eigenvalue weighted by Crippen LogP contribution is -2.28. The van der Waals surface area contributed by atoms with Crippen LogP contribution in [0.1, 0.15) is 50.4 Å². The van der Waals surface area contributed by atoms with Gasteiger partial charge in [-0.05, 0) is 32.1 Å². The van der Waals surface area contributed by atoms with Gasteiger partial charge in [0, 0.05) is 30.4 Å². The van der Waals surface area contributed by atoms with Crippen LogP contribution in [-0.2, 0) is 6.54 Å². The summed E-state index contributed by atoms with van der Waals surface area (Å²) >= 11 is 0. The van der Waals surface area contributed by atoms with E-state index >= 15 is 0 Å². The summed E-state index contributed by atoms with van der Waals surface area (Å²) in [6.45, 7) is 5.23. The van der Waals surface area contributed by atoms with Crippen LogP contribution in [0.5, 0.6) is 5.75 Å². The highest BCUT2D eigenvalue weighted by Crippen LogP contribution is 2.23. The third kappa shape index (κ3) is 4.50. The molecule has 3 nitrogen and oxygen atoms in total. The van der Waals surface area contributed by atoms with Crippen LogP contribution in [0.15, 0.2) is 12.1 Å². The van der Waals surface area contributed by atoms with Crippen molar-refractivity contribution in [1.29, 1.82) is 0 Å². The van der Waals surface area contributed by atoms with E-state index in [2.05, 4.69) is 17.2 Å². The van der Waals surface area contributed by atoms with Crippen LogP contribution in [0.4, 0.5) is 0 Å². The first-order chi connectivity index (χ1) is 9.17. The monoisotopic (exact) mass is 262 g/mol. The summed E-state index contributed by atoms with van der Waals surface area (Å²) in [5.41, 5.74) is 2.10. The Balaban J connectivity index is 1.89. The maximum atomic E-state index is 5.29. The molecule has 0 radical (unpaired) electrons. The molecule has 1 heterocycles. The molecule has 2 rings (SSSR count). The van der Waals surface area contributed by atoms with Crippen LogP contribution in [0, 0.1) is 12.8 Å². The van der Waals surface area contributed by atoms with Gasteiger partial charge >= 0.3 is 0 Å². The van der Waals surface area contributed by atoms with Gasteiger partial charge in [0.15, 0.2) is 0 Å². The fraction of sp³-hybridized carbons (Fsp3) is 0.688. The normalized spacial score (nSPS) is 23.9. The maximum Gasteiger partial charge on any atom is 0.122 e. The van der Waals surface area contributed by atoms with Crippen molar-refractivity contribution in [3.05, 3.63) is 23.5 Å². The molecule has 3 heteroatoms. The van der Waals surface area contributed by atoms with Crippen molar-refractivity contribution in [2.75, 3.05) is 7.11 Å². The van der Waals surface area contributed by atoms with E-state index in [0.717, 1.165) is 29.6 Å². The number of aryl methyl sites for hydroxylation is 1. The van der Waals surface area contributed by atoms with Crippen LogP contribution in [-0.4, -0.2) is 18.1 Å². The van der Waals surface area contributed by atoms with Crippen molar-refractivity contribution in [3.8, 4) is 5.75 Å². The number of aromatic nitrogens is 1. The van der Waals surface area contributed by atoms with Crippen molar-refractivity contribution in [2.45, 2.75) is 58.5 Å². The van der Waals surface area contributed by atoms with Crippen molar-refractivity contribution in [2.24, 2.45) is 5.92 Å². The molecule has 106 valence electrons. The maximum absolute atomic E-state index is 5.29. The molecule has 0 saturated heterocycles. The number of hydrogen-bond donors (Lipinski definition) is 1. The quantitative estimate of drug-likeness (QED) is 0.844. The molecule has 1 aliphatic rings. The fourth-order valence-electron chi connectivity index (χ4n) is 2.85. The van der Waals surface area contributed by atoms with E-state index in [-0.39, 0.29) is 0 Å². The van der Waals surface area contributed by atoms with Gasteiger partial charge in [0.05, 0.1) is 12.8 Å². The molecule has 2 unspecified atom stereocenters. The minimum Gasteiger partial charge on any atom is -0.497 e. The Morgan fingerprint density at radius 3 is 2.89 bits per heavy atom. The number of rotatable bonds is 4. The summed E-state index contributed by atoms with van der Waals surface area (Å²) in [6.07, 6.45) is 6.68. The highest BCUT2D eigenvalue weighted by atomic mass is 16.5. The Morgan fingerprint density at radius 1 is 1.26 bits per heavy atom. The van der Waals surface area contributed by atoms with Gasteiger partial charge in [-0.15, -0.1) is 0 Å². The van der Waals surface area contributed by atoms with Gasteiger partial charge in [-0.2, -0.15) is 0 Å². The molecule has 1 aliphatic carbocycles. The summed E-state index contributed by atoms with van der Waals surface area (Å²) in [4.78, 5) is 4.56.